The number of hydrogen-bond acceptors (Lipinski definition) is 2. The maximum atomic E-state index is 9.36. The number of benzene rings is 2. The van der Waals surface area contributed by atoms with Gasteiger partial charge in [0.15, 0.2) is 0 Å². The largest absolute Gasteiger partial charge is 0.496 e. The fourth-order valence-corrected chi connectivity index (χ4v) is 2.43. The lowest BCUT2D eigenvalue weighted by Crippen LogP contribution is -1.88. The highest BCUT2D eigenvalue weighted by molar-refractivity contribution is 9.10. The molecule has 0 heterocycles. The monoisotopic (exact) mass is 391 g/mol. The van der Waals surface area contributed by atoms with Crippen LogP contribution in [0.1, 0.15) is 11.1 Å². The minimum absolute atomic E-state index is 0.592. The Kier molecular flexibility index (Phi) is 4.99. The van der Waals surface area contributed by atoms with Crippen molar-refractivity contribution in [1.29, 1.82) is 5.26 Å². The van der Waals surface area contributed by atoms with Crippen LogP contribution in [0.4, 0.5) is 0 Å². The number of allylic oxidation sites excluding steroid dienone is 1. The van der Waals surface area contributed by atoms with Gasteiger partial charge in [0.25, 0.3) is 0 Å². The first kappa shape index (κ1) is 14.8. The van der Waals surface area contributed by atoms with Gasteiger partial charge in [-0.2, -0.15) is 5.26 Å². The number of hydrogen-bond donors (Lipinski definition) is 0. The van der Waals surface area contributed by atoms with Crippen LogP contribution in [0.3, 0.4) is 0 Å². The van der Waals surface area contributed by atoms with Crippen molar-refractivity contribution < 1.29 is 4.74 Å². The number of nitrogens with zero attached hydrogens (tertiary/aromatic N) is 1. The van der Waals surface area contributed by atoms with Crippen molar-refractivity contribution in [2.24, 2.45) is 0 Å². The van der Waals surface area contributed by atoms with E-state index in [0.29, 0.717) is 5.57 Å². The van der Waals surface area contributed by atoms with Crippen LogP contribution in [0.15, 0.2) is 51.4 Å². The van der Waals surface area contributed by atoms with Gasteiger partial charge in [0, 0.05) is 14.5 Å². The standard InChI is InChI=1S/C16H11Br2NO/c1-20-16-7-6-15(18)9-12(16)8-13(10-19)11-2-4-14(17)5-3-11/h2-9H,1H3/b13-8+. The highest BCUT2D eigenvalue weighted by Gasteiger charge is 2.05. The average Bonchev–Trinajstić information content (AvgIpc) is 2.46. The Morgan fingerprint density at radius 3 is 2.35 bits per heavy atom. The average molecular weight is 393 g/mol. The lowest BCUT2D eigenvalue weighted by molar-refractivity contribution is 0.414. The second-order valence-electron chi connectivity index (χ2n) is 4.06. The van der Waals surface area contributed by atoms with E-state index in [1.165, 1.54) is 0 Å². The zero-order valence-corrected chi connectivity index (χ0v) is 13.9. The summed E-state index contributed by atoms with van der Waals surface area (Å²) >= 11 is 6.82. The predicted molar refractivity (Wildman–Crippen MR) is 88.3 cm³/mol. The van der Waals surface area contributed by atoms with Crippen LogP contribution in [-0.2, 0) is 0 Å². The Bertz CT molecular complexity index is 685. The van der Waals surface area contributed by atoms with E-state index in [2.05, 4.69) is 37.9 Å². The molecular formula is C16H11Br2NO. The van der Waals surface area contributed by atoms with Crippen molar-refractivity contribution in [3.05, 3.63) is 62.5 Å². The highest BCUT2D eigenvalue weighted by atomic mass is 79.9. The molecule has 0 fully saturated rings. The van der Waals surface area contributed by atoms with Crippen molar-refractivity contribution in [3.63, 3.8) is 0 Å². The van der Waals surface area contributed by atoms with Crippen LogP contribution in [-0.4, -0.2) is 7.11 Å². The SMILES string of the molecule is COc1ccc(Br)cc1/C=C(\C#N)c1ccc(Br)cc1. The second-order valence-corrected chi connectivity index (χ2v) is 5.89. The minimum Gasteiger partial charge on any atom is -0.496 e. The molecular weight excluding hydrogens is 382 g/mol. The summed E-state index contributed by atoms with van der Waals surface area (Å²) in [5, 5.41) is 9.36. The fourth-order valence-electron chi connectivity index (χ4n) is 1.78. The molecule has 0 spiro atoms. The number of rotatable bonds is 3. The molecule has 2 nitrogen and oxygen atoms in total. The molecule has 0 aliphatic heterocycles. The Balaban J connectivity index is 2.49. The van der Waals surface area contributed by atoms with Gasteiger partial charge in [-0.05, 0) is 42.0 Å². The zero-order valence-electron chi connectivity index (χ0n) is 10.7. The third kappa shape index (κ3) is 3.50. The van der Waals surface area contributed by atoms with Crippen molar-refractivity contribution in [1.82, 2.24) is 0 Å². The summed E-state index contributed by atoms with van der Waals surface area (Å²) in [5.41, 5.74) is 2.33. The molecule has 0 aliphatic carbocycles. The number of halogens is 2. The Morgan fingerprint density at radius 1 is 1.10 bits per heavy atom. The molecule has 0 radical (unpaired) electrons. The molecule has 100 valence electrons. The van der Waals surface area contributed by atoms with E-state index in [9.17, 15) is 5.26 Å². The first-order valence-corrected chi connectivity index (χ1v) is 7.44. The van der Waals surface area contributed by atoms with Gasteiger partial charge in [0.1, 0.15) is 5.75 Å². The smallest absolute Gasteiger partial charge is 0.126 e. The van der Waals surface area contributed by atoms with Gasteiger partial charge in [0.05, 0.1) is 18.8 Å². The van der Waals surface area contributed by atoms with Gasteiger partial charge >= 0.3 is 0 Å². The third-order valence-electron chi connectivity index (χ3n) is 2.77. The molecule has 0 aromatic heterocycles. The summed E-state index contributed by atoms with van der Waals surface area (Å²) in [6, 6.07) is 15.6. The van der Waals surface area contributed by atoms with E-state index in [0.717, 1.165) is 25.8 Å². The van der Waals surface area contributed by atoms with Crippen LogP contribution in [0.2, 0.25) is 0 Å². The third-order valence-corrected chi connectivity index (χ3v) is 3.79. The van der Waals surface area contributed by atoms with Crippen LogP contribution < -0.4 is 4.74 Å². The molecule has 2 rings (SSSR count). The highest BCUT2D eigenvalue weighted by Crippen LogP contribution is 2.28. The quantitative estimate of drug-likeness (QED) is 0.525. The molecule has 0 unspecified atom stereocenters. The number of methoxy groups -OCH3 is 1. The van der Waals surface area contributed by atoms with E-state index < -0.39 is 0 Å². The maximum Gasteiger partial charge on any atom is 0.126 e. The van der Waals surface area contributed by atoms with Crippen molar-refractivity contribution in [3.8, 4) is 11.8 Å². The Hall–Kier alpha value is -1.57. The van der Waals surface area contributed by atoms with Crippen molar-refractivity contribution in [2.75, 3.05) is 7.11 Å². The van der Waals surface area contributed by atoms with Gasteiger partial charge in [-0.1, -0.05) is 44.0 Å². The topological polar surface area (TPSA) is 33.0 Å². The van der Waals surface area contributed by atoms with Crippen molar-refractivity contribution >= 4 is 43.5 Å². The number of nitriles is 1. The van der Waals surface area contributed by atoms with Crippen molar-refractivity contribution in [2.45, 2.75) is 0 Å². The number of ether oxygens (including phenoxy) is 1. The van der Waals surface area contributed by atoms with Crippen LogP contribution in [0.5, 0.6) is 5.75 Å². The molecule has 0 amide bonds. The van der Waals surface area contributed by atoms with Gasteiger partial charge in [-0.25, -0.2) is 0 Å². The molecule has 0 saturated heterocycles. The molecule has 0 N–H and O–H groups in total. The molecule has 0 bridgehead atoms. The van der Waals surface area contributed by atoms with E-state index in [1.54, 1.807) is 7.11 Å². The summed E-state index contributed by atoms with van der Waals surface area (Å²) in [6.45, 7) is 0. The summed E-state index contributed by atoms with van der Waals surface area (Å²) in [7, 11) is 1.62. The summed E-state index contributed by atoms with van der Waals surface area (Å²) in [6.07, 6.45) is 1.83. The fraction of sp³-hybridized carbons (Fsp3) is 0.0625. The molecule has 4 heteroatoms. The lowest BCUT2D eigenvalue weighted by Gasteiger charge is -2.06. The summed E-state index contributed by atoms with van der Waals surface area (Å²) in [5.74, 6) is 0.734. The van der Waals surface area contributed by atoms with E-state index in [-0.39, 0.29) is 0 Å². The first-order valence-electron chi connectivity index (χ1n) is 5.85. The summed E-state index contributed by atoms with van der Waals surface area (Å²) < 4.78 is 7.25. The van der Waals surface area contributed by atoms with E-state index in [4.69, 9.17) is 4.74 Å². The first-order chi connectivity index (χ1) is 9.63. The normalized spacial score (nSPS) is 11.0. The minimum atomic E-state index is 0.592. The van der Waals surface area contributed by atoms with Gasteiger partial charge < -0.3 is 4.74 Å². The van der Waals surface area contributed by atoms with E-state index >= 15 is 0 Å². The van der Waals surface area contributed by atoms with E-state index in [1.807, 2.05) is 48.5 Å². The lowest BCUT2D eigenvalue weighted by atomic mass is 10.0. The van der Waals surface area contributed by atoms with Crippen LogP contribution in [0, 0.1) is 11.3 Å². The molecule has 20 heavy (non-hydrogen) atoms. The van der Waals surface area contributed by atoms with Gasteiger partial charge in [-0.15, -0.1) is 0 Å². The van der Waals surface area contributed by atoms with Crippen LogP contribution in [0.25, 0.3) is 11.6 Å². The molecule has 0 saturated carbocycles. The zero-order chi connectivity index (χ0) is 14.5. The Morgan fingerprint density at radius 2 is 1.75 bits per heavy atom. The summed E-state index contributed by atoms with van der Waals surface area (Å²) in [4.78, 5) is 0. The van der Waals surface area contributed by atoms with Crippen LogP contribution >= 0.6 is 31.9 Å². The molecule has 2 aromatic rings. The second kappa shape index (κ2) is 6.74. The molecule has 0 aliphatic rings. The van der Waals surface area contributed by atoms with Gasteiger partial charge in [-0.3, -0.25) is 0 Å². The van der Waals surface area contributed by atoms with Gasteiger partial charge in [0.2, 0.25) is 0 Å². The molecule has 2 aromatic carbocycles. The molecule has 0 atom stereocenters. The maximum absolute atomic E-state index is 9.36. The Labute approximate surface area is 134 Å². The predicted octanol–water partition coefficient (Wildman–Crippen LogP) is 5.28.